The number of aryl methyl sites for hydroxylation is 1. The van der Waals surface area contributed by atoms with Gasteiger partial charge in [0.1, 0.15) is 5.82 Å². The van der Waals surface area contributed by atoms with Gasteiger partial charge in [-0.05, 0) is 37.1 Å². The molecule has 2 atom stereocenters. The first-order chi connectivity index (χ1) is 10.1. The van der Waals surface area contributed by atoms with E-state index in [2.05, 4.69) is 0 Å². The second kappa shape index (κ2) is 5.33. The number of amides is 1. The number of furan rings is 1. The molecule has 1 amide bonds. The number of hydrogen-bond acceptors (Lipinski definition) is 3. The summed E-state index contributed by atoms with van der Waals surface area (Å²) >= 11 is 0. The number of likely N-dealkylation sites (tertiary alicyclic amines) is 1. The Bertz CT molecular complexity index is 667. The summed E-state index contributed by atoms with van der Waals surface area (Å²) in [7, 11) is 0. The van der Waals surface area contributed by atoms with Gasteiger partial charge < -0.3 is 14.4 Å². The Morgan fingerprint density at radius 3 is 2.90 bits per heavy atom. The van der Waals surface area contributed by atoms with E-state index >= 15 is 0 Å². The fourth-order valence-electron chi connectivity index (χ4n) is 2.79. The van der Waals surface area contributed by atoms with Crippen molar-refractivity contribution in [2.75, 3.05) is 6.54 Å². The molecule has 1 saturated heterocycles. The zero-order chi connectivity index (χ0) is 15.0. The number of aliphatic hydroxyl groups is 1. The third kappa shape index (κ3) is 2.56. The first-order valence-corrected chi connectivity index (χ1v) is 6.85. The number of β-amino-alcohol motifs (C(OH)–C–C–N with tert-alkyl or cyclic N) is 1. The lowest BCUT2D eigenvalue weighted by molar-refractivity contribution is 0.0682. The van der Waals surface area contributed by atoms with Gasteiger partial charge in [0.25, 0.3) is 5.91 Å². The van der Waals surface area contributed by atoms with Crippen molar-refractivity contribution in [3.8, 4) is 0 Å². The van der Waals surface area contributed by atoms with E-state index in [4.69, 9.17) is 4.42 Å². The quantitative estimate of drug-likeness (QED) is 0.924. The minimum atomic E-state index is -0.613. The van der Waals surface area contributed by atoms with Crippen LogP contribution in [0.25, 0.3) is 0 Å². The molecule has 2 aromatic rings. The van der Waals surface area contributed by atoms with Crippen LogP contribution < -0.4 is 0 Å². The third-order valence-corrected chi connectivity index (χ3v) is 3.83. The zero-order valence-corrected chi connectivity index (χ0v) is 11.6. The number of hydrogen-bond donors (Lipinski definition) is 1. The number of rotatable bonds is 2. The average Bonchev–Trinajstić information content (AvgIpc) is 3.04. The lowest BCUT2D eigenvalue weighted by Crippen LogP contribution is -2.32. The van der Waals surface area contributed by atoms with E-state index in [1.165, 1.54) is 18.4 Å². The van der Waals surface area contributed by atoms with E-state index in [1.54, 1.807) is 30.0 Å². The molecule has 1 aliphatic rings. The fourth-order valence-corrected chi connectivity index (χ4v) is 2.79. The highest BCUT2D eigenvalue weighted by atomic mass is 19.1. The molecule has 21 heavy (non-hydrogen) atoms. The van der Waals surface area contributed by atoms with Crippen LogP contribution in [0.1, 0.15) is 34.1 Å². The van der Waals surface area contributed by atoms with E-state index in [1.807, 2.05) is 0 Å². The Morgan fingerprint density at radius 1 is 1.43 bits per heavy atom. The molecule has 1 aromatic carbocycles. The van der Waals surface area contributed by atoms with Crippen LogP contribution in [0.15, 0.2) is 41.0 Å². The second-order valence-electron chi connectivity index (χ2n) is 5.35. The topological polar surface area (TPSA) is 53.7 Å². The van der Waals surface area contributed by atoms with Crippen LogP contribution in [-0.2, 0) is 0 Å². The molecule has 0 spiro atoms. The molecule has 0 radical (unpaired) electrons. The highest BCUT2D eigenvalue weighted by Crippen LogP contribution is 2.34. The van der Waals surface area contributed by atoms with Crippen molar-refractivity contribution in [3.63, 3.8) is 0 Å². The molecular weight excluding hydrogens is 273 g/mol. The van der Waals surface area contributed by atoms with E-state index in [9.17, 15) is 14.3 Å². The van der Waals surface area contributed by atoms with Gasteiger partial charge in [-0.15, -0.1) is 0 Å². The second-order valence-corrected chi connectivity index (χ2v) is 5.35. The van der Waals surface area contributed by atoms with E-state index in [-0.39, 0.29) is 30.1 Å². The Kier molecular flexibility index (Phi) is 3.51. The van der Waals surface area contributed by atoms with Crippen LogP contribution in [0.3, 0.4) is 0 Å². The largest absolute Gasteiger partial charge is 0.459 e. The third-order valence-electron chi connectivity index (χ3n) is 3.83. The molecule has 2 heterocycles. The summed E-state index contributed by atoms with van der Waals surface area (Å²) in [4.78, 5) is 14.1. The van der Waals surface area contributed by atoms with Gasteiger partial charge in [-0.25, -0.2) is 4.39 Å². The van der Waals surface area contributed by atoms with Gasteiger partial charge in [0.05, 0.1) is 18.4 Å². The molecule has 1 N–H and O–H groups in total. The SMILES string of the molecule is Cc1ccoc1C(=O)N1CC(O)CC1c1cccc(F)c1. The molecule has 3 rings (SSSR count). The average molecular weight is 289 g/mol. The standard InChI is InChI=1S/C16H16FNO3/c1-10-5-6-21-15(10)16(20)18-9-13(19)8-14(18)11-3-2-4-12(17)7-11/h2-7,13-14,19H,8-9H2,1H3. The first kappa shape index (κ1) is 13.8. The molecular formula is C16H16FNO3. The minimum Gasteiger partial charge on any atom is -0.459 e. The van der Waals surface area contributed by atoms with Crippen molar-refractivity contribution in [3.05, 3.63) is 59.3 Å². The van der Waals surface area contributed by atoms with Gasteiger partial charge in [-0.1, -0.05) is 12.1 Å². The minimum absolute atomic E-state index is 0.222. The predicted molar refractivity (Wildman–Crippen MR) is 74.2 cm³/mol. The van der Waals surface area contributed by atoms with E-state index in [0.29, 0.717) is 12.0 Å². The van der Waals surface area contributed by atoms with Crippen molar-refractivity contribution in [1.82, 2.24) is 4.90 Å². The smallest absolute Gasteiger partial charge is 0.290 e. The number of carbonyl (C=O) groups is 1. The maximum absolute atomic E-state index is 13.4. The van der Waals surface area contributed by atoms with Crippen LogP contribution in [0.2, 0.25) is 0 Å². The van der Waals surface area contributed by atoms with Gasteiger partial charge in [0.15, 0.2) is 5.76 Å². The van der Waals surface area contributed by atoms with Gasteiger partial charge in [0.2, 0.25) is 0 Å². The van der Waals surface area contributed by atoms with Crippen LogP contribution in [0.4, 0.5) is 4.39 Å². The number of benzene rings is 1. The number of halogens is 1. The summed E-state index contributed by atoms with van der Waals surface area (Å²) in [6.07, 6.45) is 1.25. The highest BCUT2D eigenvalue weighted by molar-refractivity contribution is 5.93. The van der Waals surface area contributed by atoms with Crippen molar-refractivity contribution in [2.24, 2.45) is 0 Å². The van der Waals surface area contributed by atoms with Gasteiger partial charge in [0, 0.05) is 12.1 Å². The Balaban J connectivity index is 1.93. The molecule has 0 saturated carbocycles. The van der Waals surface area contributed by atoms with Gasteiger partial charge in [-0.2, -0.15) is 0 Å². The van der Waals surface area contributed by atoms with Crippen molar-refractivity contribution in [2.45, 2.75) is 25.5 Å². The number of nitrogens with zero attached hydrogens (tertiary/aromatic N) is 1. The molecule has 1 fully saturated rings. The van der Waals surface area contributed by atoms with Crippen molar-refractivity contribution in [1.29, 1.82) is 0 Å². The molecule has 1 aromatic heterocycles. The summed E-state index contributed by atoms with van der Waals surface area (Å²) < 4.78 is 18.6. The lowest BCUT2D eigenvalue weighted by Gasteiger charge is -2.24. The molecule has 2 unspecified atom stereocenters. The molecule has 5 heteroatoms. The lowest BCUT2D eigenvalue weighted by atomic mass is 10.0. The molecule has 1 aliphatic heterocycles. The Labute approximate surface area is 121 Å². The first-order valence-electron chi connectivity index (χ1n) is 6.85. The van der Waals surface area contributed by atoms with Crippen molar-refractivity contribution < 1.29 is 18.7 Å². The van der Waals surface area contributed by atoms with Crippen molar-refractivity contribution >= 4 is 5.91 Å². The Hall–Kier alpha value is -2.14. The molecule has 110 valence electrons. The van der Waals surface area contributed by atoms with Crippen LogP contribution >= 0.6 is 0 Å². The molecule has 4 nitrogen and oxygen atoms in total. The van der Waals surface area contributed by atoms with Crippen LogP contribution in [0.5, 0.6) is 0 Å². The van der Waals surface area contributed by atoms with E-state index < -0.39 is 6.10 Å². The maximum atomic E-state index is 13.4. The van der Waals surface area contributed by atoms with Gasteiger partial charge >= 0.3 is 0 Å². The van der Waals surface area contributed by atoms with Crippen LogP contribution in [-0.4, -0.2) is 28.6 Å². The number of carbonyl (C=O) groups excluding carboxylic acids is 1. The predicted octanol–water partition coefficient (Wildman–Crippen LogP) is 2.68. The summed E-state index contributed by atoms with van der Waals surface area (Å²) in [6.45, 7) is 2.01. The normalized spacial score (nSPS) is 21.8. The summed E-state index contributed by atoms with van der Waals surface area (Å²) in [5.41, 5.74) is 1.43. The fraction of sp³-hybridized carbons (Fsp3) is 0.312. The maximum Gasteiger partial charge on any atom is 0.290 e. The van der Waals surface area contributed by atoms with Gasteiger partial charge in [-0.3, -0.25) is 4.79 Å². The summed E-state index contributed by atoms with van der Waals surface area (Å²) in [5.74, 6) is -0.357. The summed E-state index contributed by atoms with van der Waals surface area (Å²) in [5, 5.41) is 9.90. The monoisotopic (exact) mass is 289 g/mol. The van der Waals surface area contributed by atoms with E-state index in [0.717, 1.165) is 5.56 Å². The molecule has 0 aliphatic carbocycles. The number of aliphatic hydroxyl groups excluding tert-OH is 1. The Morgan fingerprint density at radius 2 is 2.24 bits per heavy atom. The molecule has 0 bridgehead atoms. The summed E-state index contributed by atoms with van der Waals surface area (Å²) in [6, 6.07) is 7.51. The van der Waals surface area contributed by atoms with Crippen LogP contribution in [0, 0.1) is 12.7 Å². The zero-order valence-electron chi connectivity index (χ0n) is 11.6. The highest BCUT2D eigenvalue weighted by Gasteiger charge is 2.37.